The molecule has 21 heavy (non-hydrogen) atoms. The summed E-state index contributed by atoms with van der Waals surface area (Å²) in [6.45, 7) is 2.67. The number of hydrogen-bond acceptors (Lipinski definition) is 4. The molecule has 0 radical (unpaired) electrons. The van der Waals surface area contributed by atoms with Gasteiger partial charge in [0.2, 0.25) is 0 Å². The highest BCUT2D eigenvalue weighted by Crippen LogP contribution is 2.29. The first-order valence-electron chi connectivity index (χ1n) is 7.68. The molecule has 3 rings (SSSR count). The third-order valence-electron chi connectivity index (χ3n) is 4.50. The summed E-state index contributed by atoms with van der Waals surface area (Å²) >= 11 is 0. The van der Waals surface area contributed by atoms with Gasteiger partial charge in [0.1, 0.15) is 5.82 Å². The fourth-order valence-corrected chi connectivity index (χ4v) is 3.22. The fourth-order valence-electron chi connectivity index (χ4n) is 3.22. The quantitative estimate of drug-likeness (QED) is 0.939. The van der Waals surface area contributed by atoms with Crippen molar-refractivity contribution in [2.45, 2.75) is 25.4 Å². The van der Waals surface area contributed by atoms with Crippen LogP contribution in [0.3, 0.4) is 0 Å². The maximum absolute atomic E-state index is 5.85. The maximum atomic E-state index is 5.85. The Morgan fingerprint density at radius 2 is 2.05 bits per heavy atom. The van der Waals surface area contributed by atoms with Crippen LogP contribution in [0.4, 0.5) is 5.82 Å². The van der Waals surface area contributed by atoms with Crippen LogP contribution in [0.1, 0.15) is 18.4 Å². The van der Waals surface area contributed by atoms with Crippen LogP contribution in [0.25, 0.3) is 10.8 Å². The smallest absolute Gasteiger partial charge is 0.136 e. The largest absolute Gasteiger partial charge is 0.355 e. The van der Waals surface area contributed by atoms with Gasteiger partial charge in [-0.1, -0.05) is 24.3 Å². The molecular formula is C17H24N4. The van der Waals surface area contributed by atoms with Gasteiger partial charge in [0.15, 0.2) is 0 Å². The zero-order valence-corrected chi connectivity index (χ0v) is 12.9. The Morgan fingerprint density at radius 1 is 1.29 bits per heavy atom. The van der Waals surface area contributed by atoms with Crippen molar-refractivity contribution in [1.82, 2.24) is 9.88 Å². The van der Waals surface area contributed by atoms with Crippen molar-refractivity contribution in [1.29, 1.82) is 0 Å². The second kappa shape index (κ2) is 6.00. The summed E-state index contributed by atoms with van der Waals surface area (Å²) in [5.41, 5.74) is 6.97. The molecule has 0 bridgehead atoms. The van der Waals surface area contributed by atoms with Crippen LogP contribution in [0.15, 0.2) is 30.5 Å². The first kappa shape index (κ1) is 14.3. The Hall–Kier alpha value is -1.65. The number of nitrogens with zero attached hydrogens (tertiary/aromatic N) is 3. The molecule has 1 aromatic carbocycles. The van der Waals surface area contributed by atoms with Crippen molar-refractivity contribution in [2.24, 2.45) is 5.73 Å². The third kappa shape index (κ3) is 2.74. The first-order chi connectivity index (χ1) is 10.2. The number of piperidine rings is 1. The molecule has 1 aliphatic heterocycles. The Bertz CT molecular complexity index is 623. The van der Waals surface area contributed by atoms with Crippen molar-refractivity contribution in [3.05, 3.63) is 36.0 Å². The first-order valence-corrected chi connectivity index (χ1v) is 7.68. The molecular weight excluding hydrogens is 260 g/mol. The van der Waals surface area contributed by atoms with Crippen molar-refractivity contribution in [3.63, 3.8) is 0 Å². The van der Waals surface area contributed by atoms with Gasteiger partial charge < -0.3 is 15.5 Å². The molecule has 2 N–H and O–H groups in total. The molecule has 1 atom stereocenters. The SMILES string of the molecule is CN(C)C1CCCN(c2ncc(CN)c3ccccc23)C1. The van der Waals surface area contributed by atoms with E-state index in [4.69, 9.17) is 10.7 Å². The number of nitrogens with two attached hydrogens (primary N) is 1. The van der Waals surface area contributed by atoms with E-state index in [0.29, 0.717) is 12.6 Å². The molecule has 1 aliphatic rings. The summed E-state index contributed by atoms with van der Waals surface area (Å²) in [7, 11) is 4.33. The number of rotatable bonds is 3. The van der Waals surface area contributed by atoms with Crippen LogP contribution in [-0.2, 0) is 6.54 Å². The van der Waals surface area contributed by atoms with Gasteiger partial charge in [0.25, 0.3) is 0 Å². The van der Waals surface area contributed by atoms with E-state index >= 15 is 0 Å². The van der Waals surface area contributed by atoms with Crippen molar-refractivity contribution < 1.29 is 0 Å². The van der Waals surface area contributed by atoms with Crippen LogP contribution in [0.2, 0.25) is 0 Å². The van der Waals surface area contributed by atoms with Crippen LogP contribution in [-0.4, -0.2) is 43.1 Å². The minimum atomic E-state index is 0.536. The lowest BCUT2D eigenvalue weighted by Crippen LogP contribution is -2.45. The highest BCUT2D eigenvalue weighted by molar-refractivity contribution is 5.94. The van der Waals surface area contributed by atoms with E-state index in [1.807, 2.05) is 6.20 Å². The van der Waals surface area contributed by atoms with Crippen molar-refractivity contribution >= 4 is 16.6 Å². The number of anilines is 1. The van der Waals surface area contributed by atoms with Gasteiger partial charge in [0.05, 0.1) is 0 Å². The van der Waals surface area contributed by atoms with E-state index in [1.54, 1.807) is 0 Å². The van der Waals surface area contributed by atoms with Gasteiger partial charge in [-0.25, -0.2) is 4.98 Å². The average molecular weight is 284 g/mol. The summed E-state index contributed by atoms with van der Waals surface area (Å²) in [6, 6.07) is 9.07. The predicted molar refractivity (Wildman–Crippen MR) is 88.6 cm³/mol. The number of hydrogen-bond donors (Lipinski definition) is 1. The zero-order valence-electron chi connectivity index (χ0n) is 12.9. The van der Waals surface area contributed by atoms with Gasteiger partial charge in [-0.15, -0.1) is 0 Å². The normalized spacial score (nSPS) is 19.4. The lowest BCUT2D eigenvalue weighted by molar-refractivity contribution is 0.257. The minimum absolute atomic E-state index is 0.536. The second-order valence-electron chi connectivity index (χ2n) is 6.06. The molecule has 1 aromatic heterocycles. The summed E-state index contributed by atoms with van der Waals surface area (Å²) in [6.07, 6.45) is 4.43. The summed E-state index contributed by atoms with van der Waals surface area (Å²) in [5.74, 6) is 1.11. The highest BCUT2D eigenvalue weighted by atomic mass is 15.2. The number of fused-ring (bicyclic) bond motifs is 1. The van der Waals surface area contributed by atoms with E-state index in [0.717, 1.165) is 24.5 Å². The Kier molecular flexibility index (Phi) is 4.08. The number of benzene rings is 1. The Balaban J connectivity index is 2.00. The van der Waals surface area contributed by atoms with Gasteiger partial charge in [-0.2, -0.15) is 0 Å². The summed E-state index contributed by atoms with van der Waals surface area (Å²) in [4.78, 5) is 9.47. The molecule has 2 aromatic rings. The lowest BCUT2D eigenvalue weighted by atomic mass is 10.0. The van der Waals surface area contributed by atoms with Crippen LogP contribution in [0.5, 0.6) is 0 Å². The van der Waals surface area contributed by atoms with E-state index in [1.165, 1.54) is 23.6 Å². The molecule has 0 saturated carbocycles. The van der Waals surface area contributed by atoms with Gasteiger partial charge in [0, 0.05) is 37.3 Å². The van der Waals surface area contributed by atoms with Gasteiger partial charge in [-0.3, -0.25) is 0 Å². The van der Waals surface area contributed by atoms with Gasteiger partial charge in [-0.05, 0) is 37.9 Å². The minimum Gasteiger partial charge on any atom is -0.355 e. The van der Waals surface area contributed by atoms with Crippen LogP contribution < -0.4 is 10.6 Å². The molecule has 112 valence electrons. The molecule has 0 spiro atoms. The molecule has 1 unspecified atom stereocenters. The predicted octanol–water partition coefficient (Wildman–Crippen LogP) is 2.22. The Labute approximate surface area is 126 Å². The summed E-state index contributed by atoms with van der Waals surface area (Å²) in [5, 5.41) is 2.46. The molecule has 1 fully saturated rings. The maximum Gasteiger partial charge on any atom is 0.136 e. The topological polar surface area (TPSA) is 45.4 Å². The van der Waals surface area contributed by atoms with E-state index in [-0.39, 0.29) is 0 Å². The molecule has 0 aliphatic carbocycles. The number of aromatic nitrogens is 1. The molecule has 4 nitrogen and oxygen atoms in total. The zero-order chi connectivity index (χ0) is 14.8. The van der Waals surface area contributed by atoms with Crippen molar-refractivity contribution in [2.75, 3.05) is 32.1 Å². The molecule has 2 heterocycles. The van der Waals surface area contributed by atoms with Crippen LogP contribution in [0, 0.1) is 0 Å². The monoisotopic (exact) mass is 284 g/mol. The van der Waals surface area contributed by atoms with E-state index in [9.17, 15) is 0 Å². The number of likely N-dealkylation sites (N-methyl/N-ethyl adjacent to an activating group) is 1. The third-order valence-corrected chi connectivity index (χ3v) is 4.50. The lowest BCUT2D eigenvalue weighted by Gasteiger charge is -2.37. The summed E-state index contributed by atoms with van der Waals surface area (Å²) < 4.78 is 0. The number of pyridine rings is 1. The van der Waals surface area contributed by atoms with E-state index < -0.39 is 0 Å². The van der Waals surface area contributed by atoms with Crippen molar-refractivity contribution in [3.8, 4) is 0 Å². The van der Waals surface area contributed by atoms with E-state index in [2.05, 4.69) is 48.2 Å². The molecule has 0 amide bonds. The molecule has 4 heteroatoms. The van der Waals surface area contributed by atoms with Gasteiger partial charge >= 0.3 is 0 Å². The second-order valence-corrected chi connectivity index (χ2v) is 6.06. The Morgan fingerprint density at radius 3 is 2.76 bits per heavy atom. The standard InChI is InChI=1S/C17H24N4/c1-20(2)14-6-5-9-21(12-14)17-16-8-4-3-7-15(16)13(10-18)11-19-17/h3-4,7-8,11,14H,5-6,9-10,12,18H2,1-2H3. The highest BCUT2D eigenvalue weighted by Gasteiger charge is 2.23. The fraction of sp³-hybridized carbons (Fsp3) is 0.471. The van der Waals surface area contributed by atoms with Crippen LogP contribution >= 0.6 is 0 Å². The average Bonchev–Trinajstić information content (AvgIpc) is 2.54. The molecule has 1 saturated heterocycles.